The molecular formula is C30H40O4S. The van der Waals surface area contributed by atoms with Crippen molar-refractivity contribution in [1.29, 1.82) is 0 Å². The molecule has 35 heavy (non-hydrogen) atoms. The summed E-state index contributed by atoms with van der Waals surface area (Å²) in [4.78, 5) is 25.8. The van der Waals surface area contributed by atoms with Crippen molar-refractivity contribution < 1.29 is 19.1 Å². The molecular weight excluding hydrogens is 456 g/mol. The van der Waals surface area contributed by atoms with Crippen molar-refractivity contribution in [3.63, 3.8) is 0 Å². The SMILES string of the molecule is CCCOC(=O)/C(S)=C(/CC(C)(C)c1cc(C)cc(C)c1)c1ccc(C(=O)OC(C)(C)C)c(C)c1. The zero-order valence-corrected chi connectivity index (χ0v) is 23.6. The molecule has 0 radical (unpaired) electrons. The van der Waals surface area contributed by atoms with Crippen LogP contribution in [0.4, 0.5) is 0 Å². The molecule has 0 aliphatic heterocycles. The highest BCUT2D eigenvalue weighted by Gasteiger charge is 2.27. The summed E-state index contributed by atoms with van der Waals surface area (Å²) in [5.41, 5.74) is 5.65. The van der Waals surface area contributed by atoms with Gasteiger partial charge in [0, 0.05) is 0 Å². The lowest BCUT2D eigenvalue weighted by molar-refractivity contribution is -0.138. The number of allylic oxidation sites excluding steroid dienone is 1. The van der Waals surface area contributed by atoms with Gasteiger partial charge in [-0.3, -0.25) is 0 Å². The number of ether oxygens (including phenoxy) is 2. The molecule has 2 rings (SSSR count). The normalized spacial score (nSPS) is 12.7. The van der Waals surface area contributed by atoms with Gasteiger partial charge in [0.1, 0.15) is 5.60 Å². The molecule has 0 saturated heterocycles. The van der Waals surface area contributed by atoms with E-state index in [0.717, 1.165) is 23.1 Å². The van der Waals surface area contributed by atoms with Crippen LogP contribution in [0.15, 0.2) is 41.3 Å². The predicted molar refractivity (Wildman–Crippen MR) is 147 cm³/mol. The summed E-state index contributed by atoms with van der Waals surface area (Å²) in [5, 5.41) is 0. The molecule has 0 fully saturated rings. The lowest BCUT2D eigenvalue weighted by Gasteiger charge is -2.29. The van der Waals surface area contributed by atoms with Gasteiger partial charge >= 0.3 is 11.9 Å². The number of rotatable bonds is 8. The lowest BCUT2D eigenvalue weighted by atomic mass is 9.76. The molecule has 190 valence electrons. The van der Waals surface area contributed by atoms with Crippen LogP contribution in [-0.2, 0) is 19.7 Å². The van der Waals surface area contributed by atoms with Gasteiger partial charge in [-0.15, -0.1) is 12.6 Å². The van der Waals surface area contributed by atoms with E-state index < -0.39 is 11.6 Å². The molecule has 2 aromatic rings. The summed E-state index contributed by atoms with van der Waals surface area (Å²) >= 11 is 4.64. The first-order valence-electron chi connectivity index (χ1n) is 12.2. The molecule has 0 bridgehead atoms. The third-order valence-corrected chi connectivity index (χ3v) is 6.18. The third kappa shape index (κ3) is 7.99. The van der Waals surface area contributed by atoms with E-state index in [4.69, 9.17) is 9.47 Å². The van der Waals surface area contributed by atoms with Crippen molar-refractivity contribution in [3.8, 4) is 0 Å². The number of hydrogen-bond acceptors (Lipinski definition) is 5. The number of carbonyl (C=O) groups is 2. The molecule has 0 saturated carbocycles. The number of aryl methyl sites for hydroxylation is 3. The monoisotopic (exact) mass is 496 g/mol. The lowest BCUT2D eigenvalue weighted by Crippen LogP contribution is -2.24. The third-order valence-electron chi connectivity index (χ3n) is 5.73. The summed E-state index contributed by atoms with van der Waals surface area (Å²) in [5.74, 6) is -0.800. The topological polar surface area (TPSA) is 52.6 Å². The van der Waals surface area contributed by atoms with Gasteiger partial charge in [-0.25, -0.2) is 9.59 Å². The minimum Gasteiger partial charge on any atom is -0.462 e. The number of thiol groups is 1. The molecule has 0 amide bonds. The van der Waals surface area contributed by atoms with Crippen molar-refractivity contribution >= 4 is 30.1 Å². The van der Waals surface area contributed by atoms with Gasteiger partial charge < -0.3 is 9.47 Å². The fraction of sp³-hybridized carbons (Fsp3) is 0.467. The maximum absolute atomic E-state index is 12.8. The molecule has 5 heteroatoms. The number of esters is 2. The zero-order chi connectivity index (χ0) is 26.6. The van der Waals surface area contributed by atoms with E-state index in [-0.39, 0.29) is 11.4 Å². The Balaban J connectivity index is 2.56. The predicted octanol–water partition coefficient (Wildman–Crippen LogP) is 7.53. The molecule has 0 aliphatic carbocycles. The highest BCUT2D eigenvalue weighted by molar-refractivity contribution is 7.85. The van der Waals surface area contributed by atoms with Gasteiger partial charge in [0.2, 0.25) is 0 Å². The Morgan fingerprint density at radius 2 is 1.51 bits per heavy atom. The first kappa shape index (κ1) is 28.7. The van der Waals surface area contributed by atoms with Crippen molar-refractivity contribution in [2.24, 2.45) is 0 Å². The minimum absolute atomic E-state index is 0.275. The van der Waals surface area contributed by atoms with Crippen molar-refractivity contribution in [1.82, 2.24) is 0 Å². The average Bonchev–Trinajstić information content (AvgIpc) is 2.73. The number of benzene rings is 2. The molecule has 0 N–H and O–H groups in total. The van der Waals surface area contributed by atoms with Crippen molar-refractivity contribution in [2.45, 2.75) is 86.2 Å². The highest BCUT2D eigenvalue weighted by atomic mass is 32.1. The summed E-state index contributed by atoms with van der Waals surface area (Å²) in [6, 6.07) is 12.1. The largest absolute Gasteiger partial charge is 0.462 e. The quantitative estimate of drug-likeness (QED) is 0.233. The number of carbonyl (C=O) groups excluding carboxylic acids is 2. The van der Waals surface area contributed by atoms with E-state index in [1.165, 1.54) is 16.7 Å². The van der Waals surface area contributed by atoms with Gasteiger partial charge in [0.05, 0.1) is 17.1 Å². The van der Waals surface area contributed by atoms with E-state index in [9.17, 15) is 9.59 Å². The van der Waals surface area contributed by atoms with Crippen LogP contribution in [0.3, 0.4) is 0 Å². The van der Waals surface area contributed by atoms with Gasteiger partial charge in [-0.1, -0.05) is 62.2 Å². The second-order valence-corrected chi connectivity index (χ2v) is 11.4. The smallest absolute Gasteiger partial charge is 0.344 e. The van der Waals surface area contributed by atoms with Crippen molar-refractivity contribution in [2.75, 3.05) is 6.61 Å². The molecule has 2 aromatic carbocycles. The Hall–Kier alpha value is -2.53. The molecule has 0 heterocycles. The van der Waals surface area contributed by atoms with E-state index in [2.05, 4.69) is 58.5 Å². The Morgan fingerprint density at radius 1 is 0.914 bits per heavy atom. The minimum atomic E-state index is -0.579. The maximum atomic E-state index is 12.8. The van der Waals surface area contributed by atoms with Crippen molar-refractivity contribution in [3.05, 3.63) is 74.7 Å². The fourth-order valence-electron chi connectivity index (χ4n) is 4.03. The summed E-state index contributed by atoms with van der Waals surface area (Å²) < 4.78 is 11.0. The molecule has 0 spiro atoms. The summed E-state index contributed by atoms with van der Waals surface area (Å²) in [6.07, 6.45) is 1.31. The van der Waals surface area contributed by atoms with E-state index in [0.29, 0.717) is 23.5 Å². The van der Waals surface area contributed by atoms with Crippen LogP contribution in [0.2, 0.25) is 0 Å². The standard InChI is InChI=1S/C30H40O4S/c1-10-13-33-28(32)26(35)25(18-30(8,9)23-15-19(2)14-20(3)16-23)22-11-12-24(21(4)17-22)27(31)34-29(5,6)7/h11-12,14-17,35H,10,13,18H2,1-9H3/b26-25+. The number of hydrogen-bond donors (Lipinski definition) is 1. The van der Waals surface area contributed by atoms with Gasteiger partial charge in [0.15, 0.2) is 0 Å². The molecule has 0 atom stereocenters. The van der Waals surface area contributed by atoms with E-state index in [1.807, 2.05) is 46.8 Å². The molecule has 0 unspecified atom stereocenters. The van der Waals surface area contributed by atoms with E-state index in [1.54, 1.807) is 6.07 Å². The Labute approximate surface area is 216 Å². The fourth-order valence-corrected chi connectivity index (χ4v) is 4.30. The van der Waals surface area contributed by atoms with Crippen LogP contribution < -0.4 is 0 Å². The first-order chi connectivity index (χ1) is 16.1. The van der Waals surface area contributed by atoms with Crippen LogP contribution >= 0.6 is 12.6 Å². The average molecular weight is 497 g/mol. The Kier molecular flexibility index (Phi) is 9.41. The Morgan fingerprint density at radius 3 is 2.03 bits per heavy atom. The van der Waals surface area contributed by atoms with Gasteiger partial charge in [-0.05, 0) is 88.1 Å². The van der Waals surface area contributed by atoms with Crippen LogP contribution in [0.5, 0.6) is 0 Å². The molecule has 0 aliphatic rings. The summed E-state index contributed by atoms with van der Waals surface area (Å²) in [6.45, 7) is 18.2. The van der Waals surface area contributed by atoms with Crippen LogP contribution in [0.25, 0.3) is 5.57 Å². The van der Waals surface area contributed by atoms with E-state index >= 15 is 0 Å². The second-order valence-electron chi connectivity index (χ2n) is 10.9. The highest BCUT2D eigenvalue weighted by Crippen LogP contribution is 2.38. The second kappa shape index (κ2) is 11.5. The van der Waals surface area contributed by atoms with Gasteiger partial charge in [0.25, 0.3) is 0 Å². The van der Waals surface area contributed by atoms with Crippen LogP contribution in [0, 0.1) is 20.8 Å². The molecule has 0 aromatic heterocycles. The zero-order valence-electron chi connectivity index (χ0n) is 22.7. The van der Waals surface area contributed by atoms with Crippen LogP contribution in [0.1, 0.15) is 92.6 Å². The van der Waals surface area contributed by atoms with Gasteiger partial charge in [-0.2, -0.15) is 0 Å². The maximum Gasteiger partial charge on any atom is 0.344 e. The Bertz CT molecular complexity index is 1100. The molecule has 4 nitrogen and oxygen atoms in total. The first-order valence-corrected chi connectivity index (χ1v) is 12.6. The van der Waals surface area contributed by atoms with Crippen LogP contribution in [-0.4, -0.2) is 24.1 Å². The summed E-state index contributed by atoms with van der Waals surface area (Å²) in [7, 11) is 0.